The molecule has 0 spiro atoms. The minimum absolute atomic E-state index is 0.109. The van der Waals surface area contributed by atoms with E-state index >= 15 is 0 Å². The van der Waals surface area contributed by atoms with Crippen LogP contribution >= 0.6 is 0 Å². The summed E-state index contributed by atoms with van der Waals surface area (Å²) >= 11 is 0. The van der Waals surface area contributed by atoms with E-state index in [0.717, 1.165) is 55.6 Å². The van der Waals surface area contributed by atoms with Crippen LogP contribution in [0.15, 0.2) is 187 Å². The first kappa shape index (κ1) is 33.5. The van der Waals surface area contributed by atoms with Crippen LogP contribution in [0.2, 0.25) is 0 Å². The van der Waals surface area contributed by atoms with Gasteiger partial charge in [0, 0.05) is 27.3 Å². The molecule has 0 radical (unpaired) electrons. The Morgan fingerprint density at radius 3 is 1.98 bits per heavy atom. The van der Waals surface area contributed by atoms with E-state index in [9.17, 15) is 0 Å². The van der Waals surface area contributed by atoms with Crippen LogP contribution in [0.25, 0.3) is 66.0 Å². The molecule has 2 N–H and O–H groups in total. The van der Waals surface area contributed by atoms with E-state index < -0.39 is 0 Å². The van der Waals surface area contributed by atoms with Gasteiger partial charge in [-0.05, 0) is 91.0 Å². The zero-order valence-corrected chi connectivity index (χ0v) is 31.9. The summed E-state index contributed by atoms with van der Waals surface area (Å²) in [5, 5.41) is 13.6. The highest BCUT2D eigenvalue weighted by Crippen LogP contribution is 2.52. The van der Waals surface area contributed by atoms with E-state index in [-0.39, 0.29) is 17.7 Å². The maximum Gasteiger partial charge on any atom is 0.131 e. The Kier molecular flexibility index (Phi) is 7.70. The molecule has 0 saturated carbocycles. The molecule has 11 rings (SSSR count). The number of nitrogens with zero attached hydrogens (tertiary/aromatic N) is 2. The van der Waals surface area contributed by atoms with Crippen molar-refractivity contribution in [3.05, 3.63) is 210 Å². The summed E-state index contributed by atoms with van der Waals surface area (Å²) in [6.45, 7) is 4.71. The summed E-state index contributed by atoms with van der Waals surface area (Å²) in [5.74, 6) is 0.859. The van der Waals surface area contributed by atoms with Crippen molar-refractivity contribution in [2.24, 2.45) is 4.99 Å². The Hall–Kier alpha value is -6.88. The summed E-state index contributed by atoms with van der Waals surface area (Å²) in [6.07, 6.45) is -0.488. The standard InChI is InChI=1S/C53H40N4/c1-53(2)45-27-26-36(32-44(45)48-40-20-10-9-15-33(40)25-28-46(48)53)37-29-38(49-43-23-12-11-21-41(43)42-22-13-14-24-47(42)54-49)31-39(30-37)52-56-50(34-16-5-3-6-17-34)55-51(57-52)35-18-7-4-8-19-35/h3-32,50,52,56H,1-2H3,(H,55,57). The van der Waals surface area contributed by atoms with Crippen molar-refractivity contribution < 1.29 is 0 Å². The van der Waals surface area contributed by atoms with Crippen LogP contribution in [0.5, 0.6) is 0 Å². The minimum Gasteiger partial charge on any atom is -0.350 e. The average molecular weight is 733 g/mol. The fourth-order valence-corrected chi connectivity index (χ4v) is 9.23. The van der Waals surface area contributed by atoms with Gasteiger partial charge in [-0.25, -0.2) is 9.98 Å². The second-order valence-corrected chi connectivity index (χ2v) is 15.9. The summed E-state index contributed by atoms with van der Waals surface area (Å²) in [7, 11) is 0. The number of hydrogen-bond acceptors (Lipinski definition) is 4. The zero-order chi connectivity index (χ0) is 38.1. The highest BCUT2D eigenvalue weighted by atomic mass is 15.3. The van der Waals surface area contributed by atoms with Crippen molar-refractivity contribution in [3.8, 4) is 33.5 Å². The van der Waals surface area contributed by atoms with Gasteiger partial charge >= 0.3 is 0 Å². The van der Waals surface area contributed by atoms with Crippen LogP contribution in [0.4, 0.5) is 0 Å². The van der Waals surface area contributed by atoms with E-state index in [4.69, 9.17) is 9.98 Å². The molecule has 2 aliphatic rings. The lowest BCUT2D eigenvalue weighted by atomic mass is 9.82. The molecule has 8 aromatic carbocycles. The second-order valence-electron chi connectivity index (χ2n) is 15.9. The summed E-state index contributed by atoms with van der Waals surface area (Å²) in [5.41, 5.74) is 13.9. The highest BCUT2D eigenvalue weighted by molar-refractivity contribution is 6.11. The van der Waals surface area contributed by atoms with Crippen molar-refractivity contribution in [2.45, 2.75) is 31.6 Å². The number of benzene rings is 8. The smallest absolute Gasteiger partial charge is 0.131 e. The average Bonchev–Trinajstić information content (AvgIpc) is 3.51. The molecule has 2 heterocycles. The van der Waals surface area contributed by atoms with Crippen LogP contribution in [0, 0.1) is 0 Å². The Labute approximate surface area is 332 Å². The van der Waals surface area contributed by atoms with Gasteiger partial charge in [0.05, 0.1) is 11.2 Å². The molecule has 9 aromatic rings. The molecule has 2 unspecified atom stereocenters. The van der Waals surface area contributed by atoms with E-state index in [1.807, 2.05) is 6.07 Å². The van der Waals surface area contributed by atoms with E-state index in [2.05, 4.69) is 200 Å². The molecular formula is C53H40N4. The largest absolute Gasteiger partial charge is 0.350 e. The molecular weight excluding hydrogens is 693 g/mol. The number of nitrogens with one attached hydrogen (secondary N) is 2. The Bertz CT molecular complexity index is 3060. The molecule has 4 nitrogen and oxygen atoms in total. The Morgan fingerprint density at radius 1 is 0.491 bits per heavy atom. The van der Waals surface area contributed by atoms with Gasteiger partial charge in [0.1, 0.15) is 18.2 Å². The van der Waals surface area contributed by atoms with Crippen LogP contribution in [0.3, 0.4) is 0 Å². The van der Waals surface area contributed by atoms with Crippen LogP contribution in [-0.4, -0.2) is 10.8 Å². The number of rotatable bonds is 5. The monoisotopic (exact) mass is 732 g/mol. The molecule has 1 aliphatic carbocycles. The van der Waals surface area contributed by atoms with Crippen molar-refractivity contribution in [3.63, 3.8) is 0 Å². The van der Waals surface area contributed by atoms with Crippen LogP contribution in [0.1, 0.15) is 54.0 Å². The fraction of sp³-hybridized carbons (Fsp3) is 0.0943. The number of aliphatic imine (C=N–C) groups is 1. The predicted octanol–water partition coefficient (Wildman–Crippen LogP) is 12.5. The maximum atomic E-state index is 5.39. The molecule has 57 heavy (non-hydrogen) atoms. The Morgan fingerprint density at radius 2 is 1.16 bits per heavy atom. The van der Waals surface area contributed by atoms with Crippen molar-refractivity contribution in [1.82, 2.24) is 15.6 Å². The predicted molar refractivity (Wildman–Crippen MR) is 236 cm³/mol. The molecule has 272 valence electrons. The third-order valence-corrected chi connectivity index (χ3v) is 12.1. The van der Waals surface area contributed by atoms with Crippen molar-refractivity contribution in [2.75, 3.05) is 0 Å². The second kappa shape index (κ2) is 13.1. The first-order valence-corrected chi connectivity index (χ1v) is 19.8. The first-order chi connectivity index (χ1) is 28.0. The van der Waals surface area contributed by atoms with Crippen molar-refractivity contribution >= 4 is 38.3 Å². The highest BCUT2D eigenvalue weighted by Gasteiger charge is 2.36. The van der Waals surface area contributed by atoms with Gasteiger partial charge in [0.15, 0.2) is 0 Å². The van der Waals surface area contributed by atoms with Crippen LogP contribution < -0.4 is 10.6 Å². The molecule has 0 saturated heterocycles. The number of hydrogen-bond donors (Lipinski definition) is 2. The van der Waals surface area contributed by atoms with Gasteiger partial charge in [0.2, 0.25) is 0 Å². The summed E-state index contributed by atoms with van der Waals surface area (Å²) in [4.78, 5) is 10.8. The Balaban J connectivity index is 1.15. The third kappa shape index (κ3) is 5.55. The van der Waals surface area contributed by atoms with Crippen LogP contribution in [-0.2, 0) is 5.41 Å². The molecule has 0 amide bonds. The maximum absolute atomic E-state index is 5.39. The molecule has 2 atom stereocenters. The van der Waals surface area contributed by atoms with Gasteiger partial charge in [-0.15, -0.1) is 0 Å². The molecule has 0 bridgehead atoms. The number of para-hydroxylation sites is 1. The van der Waals surface area contributed by atoms with Crippen molar-refractivity contribution in [1.29, 1.82) is 0 Å². The summed E-state index contributed by atoms with van der Waals surface area (Å²) < 4.78 is 0. The van der Waals surface area contributed by atoms with Gasteiger partial charge in [0.25, 0.3) is 0 Å². The number of pyridine rings is 1. The number of aromatic nitrogens is 1. The SMILES string of the molecule is CC1(C)c2ccc(-c3cc(-c4nc5ccccc5c5ccccc45)cc(C4N=C(c5ccccc5)NC(c5ccccc5)N4)c3)cc2-c2c1ccc1ccccc21. The zero-order valence-electron chi connectivity index (χ0n) is 31.9. The van der Waals surface area contributed by atoms with E-state index in [1.165, 1.54) is 44.0 Å². The quantitative estimate of drug-likeness (QED) is 0.173. The molecule has 1 aromatic heterocycles. The number of amidine groups is 1. The fourth-order valence-electron chi connectivity index (χ4n) is 9.23. The lowest BCUT2D eigenvalue weighted by molar-refractivity contribution is 0.409. The first-order valence-electron chi connectivity index (χ1n) is 19.8. The molecule has 1 aliphatic heterocycles. The van der Waals surface area contributed by atoms with Gasteiger partial charge in [-0.2, -0.15) is 0 Å². The molecule has 0 fully saturated rings. The topological polar surface area (TPSA) is 49.3 Å². The van der Waals surface area contributed by atoms with Gasteiger partial charge in [-0.3, -0.25) is 5.32 Å². The third-order valence-electron chi connectivity index (χ3n) is 12.1. The van der Waals surface area contributed by atoms with E-state index in [1.54, 1.807) is 0 Å². The molecule has 4 heteroatoms. The normalized spacial score (nSPS) is 16.9. The minimum atomic E-state index is -0.338. The van der Waals surface area contributed by atoms with E-state index in [0.29, 0.717) is 0 Å². The number of fused-ring (bicyclic) bond motifs is 8. The van der Waals surface area contributed by atoms with Gasteiger partial charge < -0.3 is 5.32 Å². The lowest BCUT2D eigenvalue weighted by Gasteiger charge is -2.32. The summed E-state index contributed by atoms with van der Waals surface area (Å²) in [6, 6.07) is 65.6. The lowest BCUT2D eigenvalue weighted by Crippen LogP contribution is -2.44. The van der Waals surface area contributed by atoms with Gasteiger partial charge in [-0.1, -0.05) is 166 Å².